The highest BCUT2D eigenvalue weighted by atomic mass is 35.5. The molecule has 0 radical (unpaired) electrons. The summed E-state index contributed by atoms with van der Waals surface area (Å²) in [5.74, 6) is 0.661. The number of aromatic nitrogens is 2. The third-order valence-corrected chi connectivity index (χ3v) is 4.17. The number of hydrogen-bond acceptors (Lipinski definition) is 4. The molecular weight excluding hydrogens is 361 g/mol. The molecule has 3 rings (SSSR count). The number of halogens is 2. The topological polar surface area (TPSA) is 55.3 Å². The summed E-state index contributed by atoms with van der Waals surface area (Å²) < 4.78 is 5.60. The first kappa shape index (κ1) is 17.2. The van der Waals surface area contributed by atoms with E-state index in [9.17, 15) is 4.79 Å². The second-order valence-corrected chi connectivity index (χ2v) is 5.95. The summed E-state index contributed by atoms with van der Waals surface area (Å²) in [5.41, 5.74) is 1.14. The van der Waals surface area contributed by atoms with Gasteiger partial charge in [-0.25, -0.2) is 4.98 Å². The fraction of sp³-hybridized carbons (Fsp3) is 0.0556. The second-order valence-electron chi connectivity index (χ2n) is 5.14. The van der Waals surface area contributed by atoms with Gasteiger partial charge in [-0.15, -0.1) is 0 Å². The van der Waals surface area contributed by atoms with Crippen LogP contribution in [0.3, 0.4) is 0 Å². The molecule has 0 bridgehead atoms. The Morgan fingerprint density at radius 2 is 1.92 bits per heavy atom. The summed E-state index contributed by atoms with van der Waals surface area (Å²) in [4.78, 5) is 22.2. The van der Waals surface area contributed by atoms with E-state index in [0.29, 0.717) is 32.9 Å². The Bertz CT molecular complexity index is 887. The van der Waals surface area contributed by atoms with E-state index in [2.05, 4.69) is 9.97 Å². The third kappa shape index (κ3) is 4.07. The highest BCUT2D eigenvalue weighted by molar-refractivity contribution is 6.42. The molecule has 0 N–H and O–H groups in total. The van der Waals surface area contributed by atoms with Crippen molar-refractivity contribution in [2.24, 2.45) is 0 Å². The largest absolute Gasteiger partial charge is 0.439 e. The summed E-state index contributed by atoms with van der Waals surface area (Å²) in [6.07, 6.45) is 4.73. The lowest BCUT2D eigenvalue weighted by Gasteiger charge is -2.16. The predicted molar refractivity (Wildman–Crippen MR) is 97.7 cm³/mol. The molecule has 1 aromatic carbocycles. The van der Waals surface area contributed by atoms with Gasteiger partial charge in [0.15, 0.2) is 0 Å². The average molecular weight is 374 g/mol. The van der Waals surface area contributed by atoms with Gasteiger partial charge in [-0.2, -0.15) is 0 Å². The van der Waals surface area contributed by atoms with Crippen molar-refractivity contribution >= 4 is 34.8 Å². The average Bonchev–Trinajstić information content (AvgIpc) is 2.65. The van der Waals surface area contributed by atoms with Crippen LogP contribution in [-0.4, -0.2) is 22.9 Å². The third-order valence-electron chi connectivity index (χ3n) is 3.43. The summed E-state index contributed by atoms with van der Waals surface area (Å²) in [7, 11) is 1.68. The fourth-order valence-electron chi connectivity index (χ4n) is 2.09. The van der Waals surface area contributed by atoms with Gasteiger partial charge in [-0.1, -0.05) is 23.2 Å². The zero-order valence-electron chi connectivity index (χ0n) is 13.2. The zero-order valence-corrected chi connectivity index (χ0v) is 14.7. The Morgan fingerprint density at radius 3 is 2.56 bits per heavy atom. The van der Waals surface area contributed by atoms with Crippen LogP contribution in [0.5, 0.6) is 11.6 Å². The number of carbonyl (C=O) groups excluding carboxylic acids is 1. The van der Waals surface area contributed by atoms with Crippen molar-refractivity contribution in [3.8, 4) is 11.6 Å². The van der Waals surface area contributed by atoms with Crippen LogP contribution in [0.2, 0.25) is 10.0 Å². The Hall–Kier alpha value is -2.63. The minimum absolute atomic E-state index is 0.193. The molecule has 3 aromatic rings. The molecule has 0 atom stereocenters. The standard InChI is InChI=1S/C18H13Cl2N3O2/c1-23(13-3-2-8-21-11-13)18(24)12-4-7-17(22-10-12)25-14-5-6-15(19)16(20)9-14/h2-11H,1H3. The number of ether oxygens (including phenoxy) is 1. The molecule has 126 valence electrons. The van der Waals surface area contributed by atoms with Crippen LogP contribution in [0.1, 0.15) is 10.4 Å². The van der Waals surface area contributed by atoms with Gasteiger partial charge in [0.2, 0.25) is 5.88 Å². The van der Waals surface area contributed by atoms with Gasteiger partial charge >= 0.3 is 0 Å². The van der Waals surface area contributed by atoms with Crippen LogP contribution in [-0.2, 0) is 0 Å². The zero-order chi connectivity index (χ0) is 17.8. The molecule has 0 aliphatic carbocycles. The van der Waals surface area contributed by atoms with Crippen molar-refractivity contribution in [2.45, 2.75) is 0 Å². The summed E-state index contributed by atoms with van der Waals surface area (Å²) in [6, 6.07) is 11.8. The van der Waals surface area contributed by atoms with Crippen molar-refractivity contribution in [3.05, 3.63) is 76.7 Å². The first-order valence-corrected chi connectivity index (χ1v) is 8.07. The number of carbonyl (C=O) groups is 1. The van der Waals surface area contributed by atoms with E-state index in [1.165, 1.54) is 11.1 Å². The lowest BCUT2D eigenvalue weighted by molar-refractivity contribution is 0.0992. The van der Waals surface area contributed by atoms with Crippen LogP contribution in [0.4, 0.5) is 5.69 Å². The van der Waals surface area contributed by atoms with E-state index in [1.807, 2.05) is 0 Å². The van der Waals surface area contributed by atoms with Crippen LogP contribution in [0.25, 0.3) is 0 Å². The van der Waals surface area contributed by atoms with E-state index >= 15 is 0 Å². The molecule has 25 heavy (non-hydrogen) atoms. The van der Waals surface area contributed by atoms with E-state index < -0.39 is 0 Å². The Balaban J connectivity index is 1.73. The molecule has 2 heterocycles. The van der Waals surface area contributed by atoms with E-state index in [4.69, 9.17) is 27.9 Å². The van der Waals surface area contributed by atoms with Crippen LogP contribution in [0, 0.1) is 0 Å². The monoisotopic (exact) mass is 373 g/mol. The molecule has 2 aromatic heterocycles. The number of hydrogen-bond donors (Lipinski definition) is 0. The maximum absolute atomic E-state index is 12.5. The van der Waals surface area contributed by atoms with Crippen LogP contribution in [0.15, 0.2) is 61.1 Å². The summed E-state index contributed by atoms with van der Waals surface area (Å²) >= 11 is 11.8. The smallest absolute Gasteiger partial charge is 0.259 e. The van der Waals surface area contributed by atoms with E-state index in [-0.39, 0.29) is 5.91 Å². The van der Waals surface area contributed by atoms with Crippen LogP contribution < -0.4 is 9.64 Å². The number of pyridine rings is 2. The van der Waals surface area contributed by atoms with Crippen molar-refractivity contribution in [2.75, 3.05) is 11.9 Å². The summed E-state index contributed by atoms with van der Waals surface area (Å²) in [5, 5.41) is 0.838. The quantitative estimate of drug-likeness (QED) is 0.655. The first-order valence-electron chi connectivity index (χ1n) is 7.31. The highest BCUT2D eigenvalue weighted by Crippen LogP contribution is 2.28. The molecule has 7 heteroatoms. The molecule has 5 nitrogen and oxygen atoms in total. The lowest BCUT2D eigenvalue weighted by Crippen LogP contribution is -2.26. The second kappa shape index (κ2) is 7.51. The van der Waals surface area contributed by atoms with Gasteiger partial charge in [0.05, 0.1) is 27.5 Å². The molecule has 0 aliphatic heterocycles. The Morgan fingerprint density at radius 1 is 1.08 bits per heavy atom. The van der Waals surface area contributed by atoms with Crippen molar-refractivity contribution in [1.29, 1.82) is 0 Å². The Kier molecular flexibility index (Phi) is 5.16. The van der Waals surface area contributed by atoms with Crippen molar-refractivity contribution in [3.63, 3.8) is 0 Å². The predicted octanol–water partition coefficient (Wildman–Crippen LogP) is 4.85. The van der Waals surface area contributed by atoms with E-state index in [1.54, 1.807) is 61.9 Å². The van der Waals surface area contributed by atoms with Gasteiger partial charge in [0.25, 0.3) is 5.91 Å². The van der Waals surface area contributed by atoms with Gasteiger partial charge in [0.1, 0.15) is 5.75 Å². The van der Waals surface area contributed by atoms with Crippen LogP contribution >= 0.6 is 23.2 Å². The summed E-state index contributed by atoms with van der Waals surface area (Å²) in [6.45, 7) is 0. The van der Waals surface area contributed by atoms with E-state index in [0.717, 1.165) is 0 Å². The lowest BCUT2D eigenvalue weighted by atomic mass is 10.2. The SMILES string of the molecule is CN(C(=O)c1ccc(Oc2ccc(Cl)c(Cl)c2)nc1)c1cccnc1. The van der Waals surface area contributed by atoms with Gasteiger partial charge in [0, 0.05) is 31.6 Å². The highest BCUT2D eigenvalue weighted by Gasteiger charge is 2.14. The number of rotatable bonds is 4. The minimum Gasteiger partial charge on any atom is -0.439 e. The molecule has 0 aliphatic rings. The van der Waals surface area contributed by atoms with Gasteiger partial charge < -0.3 is 9.64 Å². The number of nitrogens with zero attached hydrogens (tertiary/aromatic N) is 3. The first-order chi connectivity index (χ1) is 12.0. The molecule has 1 amide bonds. The maximum atomic E-state index is 12.5. The van der Waals surface area contributed by atoms with Gasteiger partial charge in [-0.3, -0.25) is 9.78 Å². The molecule has 0 unspecified atom stereocenters. The molecular formula is C18H13Cl2N3O2. The number of amides is 1. The van der Waals surface area contributed by atoms with Crippen molar-refractivity contribution < 1.29 is 9.53 Å². The van der Waals surface area contributed by atoms with Crippen molar-refractivity contribution in [1.82, 2.24) is 9.97 Å². The maximum Gasteiger partial charge on any atom is 0.259 e. The minimum atomic E-state index is -0.193. The van der Waals surface area contributed by atoms with Gasteiger partial charge in [-0.05, 0) is 30.3 Å². The number of benzene rings is 1. The molecule has 0 saturated heterocycles. The molecule has 0 saturated carbocycles. The normalized spacial score (nSPS) is 10.4. The Labute approximate surface area is 154 Å². The molecule has 0 spiro atoms. The molecule has 0 fully saturated rings. The number of anilines is 1. The fourth-order valence-corrected chi connectivity index (χ4v) is 2.38.